The zero-order chi connectivity index (χ0) is 16.8. The Balaban J connectivity index is 1.83. The lowest BCUT2D eigenvalue weighted by Crippen LogP contribution is -2.28. The SMILES string of the molecule is O=C(/C=C/c1cccc(F)c1)N(Cc1ccco1)c1ccccc1. The van der Waals surface area contributed by atoms with E-state index in [0.29, 0.717) is 17.9 Å². The van der Waals surface area contributed by atoms with Gasteiger partial charge in [0.2, 0.25) is 0 Å². The summed E-state index contributed by atoms with van der Waals surface area (Å²) >= 11 is 0. The number of halogens is 1. The average Bonchev–Trinajstić information content (AvgIpc) is 3.12. The van der Waals surface area contributed by atoms with Crippen molar-refractivity contribution in [2.45, 2.75) is 6.54 Å². The summed E-state index contributed by atoms with van der Waals surface area (Å²) in [5, 5.41) is 0. The first kappa shape index (κ1) is 15.7. The molecule has 0 unspecified atom stereocenters. The fourth-order valence-corrected chi connectivity index (χ4v) is 2.33. The van der Waals surface area contributed by atoms with Crippen LogP contribution in [0.5, 0.6) is 0 Å². The molecule has 0 spiro atoms. The number of amides is 1. The summed E-state index contributed by atoms with van der Waals surface area (Å²) in [5.74, 6) is 0.147. The summed E-state index contributed by atoms with van der Waals surface area (Å²) < 4.78 is 18.6. The summed E-state index contributed by atoms with van der Waals surface area (Å²) in [5.41, 5.74) is 1.40. The van der Waals surface area contributed by atoms with Gasteiger partial charge >= 0.3 is 0 Å². The highest BCUT2D eigenvalue weighted by Crippen LogP contribution is 2.18. The molecule has 0 bridgehead atoms. The van der Waals surface area contributed by atoms with E-state index in [1.165, 1.54) is 18.2 Å². The molecule has 0 aliphatic rings. The van der Waals surface area contributed by atoms with Crippen LogP contribution in [0.25, 0.3) is 6.08 Å². The van der Waals surface area contributed by atoms with E-state index in [2.05, 4.69) is 0 Å². The van der Waals surface area contributed by atoms with Gasteiger partial charge in [0.25, 0.3) is 5.91 Å². The van der Waals surface area contributed by atoms with Crippen LogP contribution in [0.15, 0.2) is 83.5 Å². The number of anilines is 1. The topological polar surface area (TPSA) is 33.5 Å². The van der Waals surface area contributed by atoms with E-state index in [0.717, 1.165) is 5.69 Å². The van der Waals surface area contributed by atoms with Crippen LogP contribution in [0, 0.1) is 5.82 Å². The van der Waals surface area contributed by atoms with Crippen molar-refractivity contribution in [2.24, 2.45) is 0 Å². The molecule has 3 rings (SSSR count). The van der Waals surface area contributed by atoms with E-state index in [4.69, 9.17) is 4.42 Å². The summed E-state index contributed by atoms with van der Waals surface area (Å²) in [4.78, 5) is 14.2. The zero-order valence-electron chi connectivity index (χ0n) is 12.9. The molecule has 1 amide bonds. The van der Waals surface area contributed by atoms with Gasteiger partial charge in [-0.25, -0.2) is 4.39 Å². The second-order valence-electron chi connectivity index (χ2n) is 5.23. The third-order valence-electron chi connectivity index (χ3n) is 3.49. The van der Waals surface area contributed by atoms with Gasteiger partial charge in [-0.15, -0.1) is 0 Å². The van der Waals surface area contributed by atoms with Gasteiger partial charge in [-0.1, -0.05) is 30.3 Å². The number of furan rings is 1. The minimum Gasteiger partial charge on any atom is -0.467 e. The molecule has 1 heterocycles. The first-order valence-electron chi connectivity index (χ1n) is 7.55. The van der Waals surface area contributed by atoms with E-state index in [1.54, 1.807) is 35.4 Å². The minimum absolute atomic E-state index is 0.207. The molecule has 1 aromatic heterocycles. The zero-order valence-corrected chi connectivity index (χ0v) is 12.9. The van der Waals surface area contributed by atoms with E-state index >= 15 is 0 Å². The van der Waals surface area contributed by atoms with Gasteiger partial charge in [0.05, 0.1) is 12.8 Å². The largest absolute Gasteiger partial charge is 0.467 e. The predicted molar refractivity (Wildman–Crippen MR) is 91.8 cm³/mol. The van der Waals surface area contributed by atoms with Crippen LogP contribution in [0.2, 0.25) is 0 Å². The van der Waals surface area contributed by atoms with Crippen LogP contribution >= 0.6 is 0 Å². The van der Waals surface area contributed by atoms with Crippen molar-refractivity contribution in [2.75, 3.05) is 4.90 Å². The summed E-state index contributed by atoms with van der Waals surface area (Å²) in [7, 11) is 0. The fourth-order valence-electron chi connectivity index (χ4n) is 2.33. The maximum Gasteiger partial charge on any atom is 0.251 e. The Bertz CT molecular complexity index is 826. The van der Waals surface area contributed by atoms with E-state index in [9.17, 15) is 9.18 Å². The first-order chi connectivity index (χ1) is 11.7. The highest BCUT2D eigenvalue weighted by atomic mass is 19.1. The number of carbonyl (C=O) groups excluding carboxylic acids is 1. The summed E-state index contributed by atoms with van der Waals surface area (Å²) in [6.45, 7) is 0.323. The highest BCUT2D eigenvalue weighted by Gasteiger charge is 2.15. The second kappa shape index (κ2) is 7.42. The normalized spacial score (nSPS) is 10.9. The molecule has 24 heavy (non-hydrogen) atoms. The average molecular weight is 321 g/mol. The van der Waals surface area contributed by atoms with Crippen LogP contribution < -0.4 is 4.90 Å². The Kier molecular flexibility index (Phi) is 4.87. The van der Waals surface area contributed by atoms with Crippen LogP contribution in [-0.4, -0.2) is 5.91 Å². The molecule has 0 fully saturated rings. The number of rotatable bonds is 5. The Labute approximate surface area is 139 Å². The number of carbonyl (C=O) groups is 1. The Morgan fingerprint density at radius 3 is 2.58 bits per heavy atom. The van der Waals surface area contributed by atoms with Crippen molar-refractivity contribution < 1.29 is 13.6 Å². The third kappa shape index (κ3) is 3.98. The molecule has 0 N–H and O–H groups in total. The van der Waals surface area contributed by atoms with Crippen LogP contribution in [0.1, 0.15) is 11.3 Å². The Morgan fingerprint density at radius 2 is 1.88 bits per heavy atom. The van der Waals surface area contributed by atoms with Gasteiger partial charge in [0.1, 0.15) is 11.6 Å². The molecule has 0 saturated carbocycles. The lowest BCUT2D eigenvalue weighted by molar-refractivity contribution is -0.114. The molecular weight excluding hydrogens is 305 g/mol. The van der Waals surface area contributed by atoms with Crippen molar-refractivity contribution in [1.29, 1.82) is 0 Å². The molecule has 120 valence electrons. The van der Waals surface area contributed by atoms with E-state index in [1.807, 2.05) is 36.4 Å². The standard InChI is InChI=1S/C20H16FNO2/c21-17-7-4-6-16(14-17)11-12-20(23)22(15-19-10-5-13-24-19)18-8-2-1-3-9-18/h1-14H,15H2/b12-11+. The first-order valence-corrected chi connectivity index (χ1v) is 7.55. The van der Waals surface area contributed by atoms with Crippen LogP contribution in [-0.2, 0) is 11.3 Å². The quantitative estimate of drug-likeness (QED) is 0.640. The molecule has 4 heteroatoms. The molecule has 3 aromatic rings. The van der Waals surface area contributed by atoms with E-state index < -0.39 is 0 Å². The molecule has 0 atom stereocenters. The van der Waals surface area contributed by atoms with Gasteiger partial charge in [-0.3, -0.25) is 4.79 Å². The van der Waals surface area contributed by atoms with Gasteiger partial charge in [0, 0.05) is 11.8 Å². The number of hydrogen-bond acceptors (Lipinski definition) is 2. The predicted octanol–water partition coefficient (Wildman–Crippen LogP) is 4.67. The smallest absolute Gasteiger partial charge is 0.251 e. The minimum atomic E-state index is -0.333. The van der Waals surface area contributed by atoms with Crippen molar-refractivity contribution in [3.63, 3.8) is 0 Å². The van der Waals surface area contributed by atoms with Crippen molar-refractivity contribution in [1.82, 2.24) is 0 Å². The number of para-hydroxylation sites is 1. The summed E-state index contributed by atoms with van der Waals surface area (Å²) in [6, 6.07) is 19.0. The van der Waals surface area contributed by atoms with Gasteiger partial charge < -0.3 is 9.32 Å². The second-order valence-corrected chi connectivity index (χ2v) is 5.23. The molecule has 0 radical (unpaired) electrons. The molecule has 2 aromatic carbocycles. The lowest BCUT2D eigenvalue weighted by atomic mass is 10.2. The van der Waals surface area contributed by atoms with Gasteiger partial charge in [-0.05, 0) is 48.0 Å². The maximum atomic E-state index is 13.2. The number of hydrogen-bond donors (Lipinski definition) is 0. The molecule has 3 nitrogen and oxygen atoms in total. The fraction of sp³-hybridized carbons (Fsp3) is 0.0500. The molecule has 0 saturated heterocycles. The Morgan fingerprint density at radius 1 is 1.04 bits per heavy atom. The van der Waals surface area contributed by atoms with Gasteiger partial charge in [0.15, 0.2) is 0 Å². The van der Waals surface area contributed by atoms with Crippen molar-refractivity contribution in [3.8, 4) is 0 Å². The lowest BCUT2D eigenvalue weighted by Gasteiger charge is -2.20. The van der Waals surface area contributed by atoms with Crippen molar-refractivity contribution in [3.05, 3.63) is 96.2 Å². The molecule has 0 aliphatic carbocycles. The third-order valence-corrected chi connectivity index (χ3v) is 3.49. The highest BCUT2D eigenvalue weighted by molar-refractivity contribution is 6.03. The van der Waals surface area contributed by atoms with Crippen LogP contribution in [0.4, 0.5) is 10.1 Å². The maximum absolute atomic E-state index is 13.2. The monoisotopic (exact) mass is 321 g/mol. The van der Waals surface area contributed by atoms with E-state index in [-0.39, 0.29) is 11.7 Å². The molecular formula is C20H16FNO2. The Hall–Kier alpha value is -3.14. The summed E-state index contributed by atoms with van der Waals surface area (Å²) in [6.07, 6.45) is 4.61. The number of nitrogens with zero attached hydrogens (tertiary/aromatic N) is 1. The van der Waals surface area contributed by atoms with Gasteiger partial charge in [-0.2, -0.15) is 0 Å². The van der Waals surface area contributed by atoms with Crippen LogP contribution in [0.3, 0.4) is 0 Å². The molecule has 0 aliphatic heterocycles. The van der Waals surface area contributed by atoms with Crippen molar-refractivity contribution >= 4 is 17.7 Å². The number of benzene rings is 2.